The van der Waals surface area contributed by atoms with Crippen LogP contribution in [0.15, 0.2) is 43.1 Å². The van der Waals surface area contributed by atoms with Gasteiger partial charge in [0.05, 0.1) is 11.4 Å². The zero-order chi connectivity index (χ0) is 25.5. The van der Waals surface area contributed by atoms with E-state index in [2.05, 4.69) is 35.8 Å². The quantitative estimate of drug-likeness (QED) is 0.332. The Labute approximate surface area is 211 Å². The monoisotopic (exact) mass is 498 g/mol. The Hall–Kier alpha value is -4.58. The molecule has 1 aliphatic heterocycles. The van der Waals surface area contributed by atoms with E-state index in [9.17, 15) is 4.79 Å². The van der Waals surface area contributed by atoms with Crippen molar-refractivity contribution in [1.82, 2.24) is 39.7 Å². The minimum atomic E-state index is -0.373. The number of carbonyl (C=O) groups excluding carboxylic acids is 1. The number of hydrogen-bond acceptors (Lipinski definition) is 9. The normalized spacial score (nSPS) is 15.8. The van der Waals surface area contributed by atoms with E-state index in [1.807, 2.05) is 38.1 Å². The Kier molecular flexibility index (Phi) is 5.64. The van der Waals surface area contributed by atoms with Crippen molar-refractivity contribution in [3.8, 4) is 11.5 Å². The van der Waals surface area contributed by atoms with Crippen LogP contribution in [0.5, 0.6) is 11.5 Å². The summed E-state index contributed by atoms with van der Waals surface area (Å²) >= 11 is 0. The number of nitrogens with one attached hydrogen (secondary N) is 2. The van der Waals surface area contributed by atoms with Gasteiger partial charge < -0.3 is 21.1 Å². The maximum absolute atomic E-state index is 13.5. The number of piperidine rings is 1. The highest BCUT2D eigenvalue weighted by atomic mass is 16.5. The summed E-state index contributed by atoms with van der Waals surface area (Å²) in [5.41, 5.74) is 10.1. The van der Waals surface area contributed by atoms with Gasteiger partial charge in [-0.15, -0.1) is 0 Å². The highest BCUT2D eigenvalue weighted by Gasteiger charge is 2.26. The highest BCUT2D eigenvalue weighted by Crippen LogP contribution is 2.32. The summed E-state index contributed by atoms with van der Waals surface area (Å²) in [6.45, 7) is 5.60. The molecule has 0 bridgehead atoms. The number of hydrogen-bond donors (Lipinski definition) is 3. The maximum atomic E-state index is 13.5. The van der Waals surface area contributed by atoms with Crippen LogP contribution in [0.4, 0.5) is 11.5 Å². The molecule has 12 nitrogen and oxygen atoms in total. The fraction of sp³-hybridized carbons (Fsp3) is 0.280. The summed E-state index contributed by atoms with van der Waals surface area (Å²) in [6.07, 6.45) is 6.65. The molecule has 37 heavy (non-hydrogen) atoms. The van der Waals surface area contributed by atoms with Crippen LogP contribution < -0.4 is 21.1 Å². The Morgan fingerprint density at radius 3 is 2.89 bits per heavy atom. The van der Waals surface area contributed by atoms with Crippen LogP contribution >= 0.6 is 0 Å². The molecule has 0 saturated carbocycles. The topological polar surface area (TPSA) is 150 Å². The fourth-order valence-electron chi connectivity index (χ4n) is 4.66. The molecule has 0 aliphatic carbocycles. The standard InChI is InChI=1S/C25H26N10O2/c1-14-15(2)19(37-17-7-9-34-20(10-17)28-13-31-34)6-5-18(14)32-25(36)22-21-23(26)29-12-30-24(21)35(33-22)16-4-3-8-27-11-16/h5-7,9-10,12-13,16,27H,3-4,8,11H2,1-2H3,(H,32,36)(H2,26,29,30)/t16-/m1/s1. The first-order valence-corrected chi connectivity index (χ1v) is 12.1. The van der Waals surface area contributed by atoms with Gasteiger partial charge in [-0.05, 0) is 62.6 Å². The van der Waals surface area contributed by atoms with Crippen molar-refractivity contribution in [1.29, 1.82) is 0 Å². The molecule has 5 aromatic rings. The lowest BCUT2D eigenvalue weighted by molar-refractivity contribution is 0.102. The number of ether oxygens (including phenoxy) is 1. The van der Waals surface area contributed by atoms with E-state index < -0.39 is 0 Å². The second kappa shape index (κ2) is 9.13. The molecule has 12 heteroatoms. The summed E-state index contributed by atoms with van der Waals surface area (Å²) in [6, 6.07) is 7.36. The SMILES string of the molecule is Cc1c(NC(=O)c2nn([C@@H]3CCCNC3)c3ncnc(N)c23)ccc(Oc2ccn3ncnc3c2)c1C. The zero-order valence-corrected chi connectivity index (χ0v) is 20.5. The van der Waals surface area contributed by atoms with Crippen molar-refractivity contribution in [2.24, 2.45) is 0 Å². The molecule has 1 fully saturated rings. The van der Waals surface area contributed by atoms with Crippen molar-refractivity contribution in [3.05, 3.63) is 59.9 Å². The van der Waals surface area contributed by atoms with Gasteiger partial charge in [-0.3, -0.25) is 4.79 Å². The van der Waals surface area contributed by atoms with Gasteiger partial charge in [0.15, 0.2) is 17.0 Å². The molecular weight excluding hydrogens is 472 g/mol. The summed E-state index contributed by atoms with van der Waals surface area (Å²) in [5, 5.41) is 15.6. The van der Waals surface area contributed by atoms with Gasteiger partial charge >= 0.3 is 0 Å². The van der Waals surface area contributed by atoms with Gasteiger partial charge in [0.25, 0.3) is 5.91 Å². The fourth-order valence-corrected chi connectivity index (χ4v) is 4.66. The first kappa shape index (κ1) is 22.9. The summed E-state index contributed by atoms with van der Waals surface area (Å²) in [4.78, 5) is 26.2. The summed E-state index contributed by atoms with van der Waals surface area (Å²) in [5.74, 6) is 1.18. The van der Waals surface area contributed by atoms with Gasteiger partial charge in [-0.25, -0.2) is 24.1 Å². The number of carbonyl (C=O) groups is 1. The van der Waals surface area contributed by atoms with Crippen molar-refractivity contribution >= 4 is 34.1 Å². The molecule has 0 unspecified atom stereocenters. The summed E-state index contributed by atoms with van der Waals surface area (Å²) < 4.78 is 9.57. The number of fused-ring (bicyclic) bond motifs is 2. The molecule has 0 radical (unpaired) electrons. The van der Waals surface area contributed by atoms with Crippen LogP contribution in [0, 0.1) is 13.8 Å². The minimum absolute atomic E-state index is 0.0875. The Balaban J connectivity index is 1.29. The van der Waals surface area contributed by atoms with E-state index in [0.29, 0.717) is 33.9 Å². The maximum Gasteiger partial charge on any atom is 0.277 e. The number of amides is 1. The molecule has 4 N–H and O–H groups in total. The lowest BCUT2D eigenvalue weighted by Gasteiger charge is -2.23. The highest BCUT2D eigenvalue weighted by molar-refractivity contribution is 6.13. The first-order chi connectivity index (χ1) is 18.0. The second-order valence-electron chi connectivity index (χ2n) is 9.09. The zero-order valence-electron chi connectivity index (χ0n) is 20.5. The third-order valence-electron chi connectivity index (χ3n) is 6.82. The molecular formula is C25H26N10O2. The van der Waals surface area contributed by atoms with E-state index in [1.54, 1.807) is 15.4 Å². The van der Waals surface area contributed by atoms with E-state index >= 15 is 0 Å². The molecule has 5 heterocycles. The van der Waals surface area contributed by atoms with Crippen molar-refractivity contribution in [2.45, 2.75) is 32.7 Å². The Morgan fingerprint density at radius 2 is 2.05 bits per heavy atom. The smallest absolute Gasteiger partial charge is 0.277 e. The van der Waals surface area contributed by atoms with E-state index in [1.165, 1.54) is 12.7 Å². The number of nitrogens with two attached hydrogens (primary N) is 1. The molecule has 6 rings (SSSR count). The van der Waals surface area contributed by atoms with Crippen molar-refractivity contribution in [2.75, 3.05) is 24.1 Å². The van der Waals surface area contributed by atoms with Gasteiger partial charge in [0, 0.05) is 24.5 Å². The number of anilines is 2. The molecule has 4 aromatic heterocycles. The average Bonchev–Trinajstić information content (AvgIpc) is 3.54. The Morgan fingerprint density at radius 1 is 1.16 bits per heavy atom. The van der Waals surface area contributed by atoms with Crippen LogP contribution in [0.1, 0.15) is 40.5 Å². The van der Waals surface area contributed by atoms with Gasteiger partial charge in [-0.1, -0.05) is 0 Å². The van der Waals surface area contributed by atoms with Gasteiger partial charge in [0.2, 0.25) is 0 Å². The van der Waals surface area contributed by atoms with Gasteiger partial charge in [0.1, 0.15) is 30.0 Å². The molecule has 1 atom stereocenters. The van der Waals surface area contributed by atoms with Crippen LogP contribution in [0.2, 0.25) is 0 Å². The number of nitrogen functional groups attached to an aromatic ring is 1. The van der Waals surface area contributed by atoms with Crippen LogP contribution in [-0.2, 0) is 0 Å². The number of rotatable bonds is 5. The summed E-state index contributed by atoms with van der Waals surface area (Å²) in [7, 11) is 0. The van der Waals surface area contributed by atoms with Crippen LogP contribution in [-0.4, -0.2) is 53.3 Å². The Bertz CT molecular complexity index is 1630. The second-order valence-corrected chi connectivity index (χ2v) is 9.09. The molecule has 0 spiro atoms. The average molecular weight is 499 g/mol. The molecule has 1 saturated heterocycles. The lowest BCUT2D eigenvalue weighted by atomic mass is 10.1. The number of nitrogens with zero attached hydrogens (tertiary/aromatic N) is 7. The van der Waals surface area contributed by atoms with Crippen LogP contribution in [0.3, 0.4) is 0 Å². The van der Waals surface area contributed by atoms with Crippen molar-refractivity contribution in [3.63, 3.8) is 0 Å². The molecule has 1 amide bonds. The molecule has 1 aromatic carbocycles. The number of aromatic nitrogens is 7. The number of benzene rings is 1. The van der Waals surface area contributed by atoms with E-state index in [4.69, 9.17) is 10.5 Å². The predicted molar refractivity (Wildman–Crippen MR) is 138 cm³/mol. The third-order valence-corrected chi connectivity index (χ3v) is 6.82. The largest absolute Gasteiger partial charge is 0.457 e. The van der Waals surface area contributed by atoms with Crippen molar-refractivity contribution < 1.29 is 9.53 Å². The van der Waals surface area contributed by atoms with E-state index in [0.717, 1.165) is 37.1 Å². The molecule has 188 valence electrons. The first-order valence-electron chi connectivity index (χ1n) is 12.1. The third kappa shape index (κ3) is 4.10. The number of pyridine rings is 1. The minimum Gasteiger partial charge on any atom is -0.457 e. The predicted octanol–water partition coefficient (Wildman–Crippen LogP) is 3.04. The van der Waals surface area contributed by atoms with E-state index in [-0.39, 0.29) is 23.5 Å². The van der Waals surface area contributed by atoms with Crippen LogP contribution in [0.25, 0.3) is 16.7 Å². The lowest BCUT2D eigenvalue weighted by Crippen LogP contribution is -2.32. The van der Waals surface area contributed by atoms with Gasteiger partial charge in [-0.2, -0.15) is 10.2 Å². The molecule has 1 aliphatic rings.